The molecule has 0 fully saturated rings. The number of nitrogens with zero attached hydrogens (tertiary/aromatic N) is 1. The molecule has 0 saturated heterocycles. The molecule has 0 aliphatic rings. The summed E-state index contributed by atoms with van der Waals surface area (Å²) in [5.74, 6) is -0.848. The number of nitrogens with one attached hydrogen (secondary N) is 2. The van der Waals surface area contributed by atoms with Crippen LogP contribution >= 0.6 is 0 Å². The third kappa shape index (κ3) is 6.15. The van der Waals surface area contributed by atoms with E-state index in [4.69, 9.17) is 4.74 Å². The number of rotatable bonds is 8. The molecular formula is C25H27N3O3. The first-order valence-corrected chi connectivity index (χ1v) is 10.4. The van der Waals surface area contributed by atoms with E-state index in [2.05, 4.69) is 15.8 Å². The number of hydrogen-bond acceptors (Lipinski definition) is 4. The number of carbonyl (C=O) groups is 2. The van der Waals surface area contributed by atoms with Crippen molar-refractivity contribution in [3.8, 4) is 5.75 Å². The van der Waals surface area contributed by atoms with Gasteiger partial charge in [0.25, 0.3) is 0 Å². The number of amides is 2. The van der Waals surface area contributed by atoms with Crippen LogP contribution in [0.4, 0.5) is 0 Å². The average molecular weight is 418 g/mol. The van der Waals surface area contributed by atoms with Gasteiger partial charge in [0.15, 0.2) is 0 Å². The molecule has 3 aromatic rings. The van der Waals surface area contributed by atoms with Crippen LogP contribution in [0.2, 0.25) is 0 Å². The lowest BCUT2D eigenvalue weighted by molar-refractivity contribution is -0.139. The van der Waals surface area contributed by atoms with Gasteiger partial charge in [-0.25, -0.2) is 5.43 Å². The fourth-order valence-corrected chi connectivity index (χ4v) is 3.05. The van der Waals surface area contributed by atoms with Crippen molar-refractivity contribution >= 4 is 28.8 Å². The second kappa shape index (κ2) is 10.9. The van der Waals surface area contributed by atoms with E-state index < -0.39 is 11.8 Å². The Morgan fingerprint density at radius 2 is 1.77 bits per heavy atom. The van der Waals surface area contributed by atoms with E-state index in [0.717, 1.165) is 34.7 Å². The summed E-state index contributed by atoms with van der Waals surface area (Å²) < 4.78 is 6.06. The highest BCUT2D eigenvalue weighted by atomic mass is 16.5. The standard InChI is InChI=1S/C25H27N3O3/c1-3-4-15-26-24(29)25(30)28-27-16-22-21-8-6-5-7-20(21)13-14-23(22)31-17-19-11-9-18(2)10-12-19/h5-14,16H,3-4,15,17H2,1-2H3,(H,26,29)(H,28,30)/b27-16-. The number of hydrazone groups is 1. The zero-order valence-corrected chi connectivity index (χ0v) is 17.9. The molecule has 0 spiro atoms. The maximum absolute atomic E-state index is 11.9. The van der Waals surface area contributed by atoms with Crippen molar-refractivity contribution in [2.45, 2.75) is 33.3 Å². The first-order valence-electron chi connectivity index (χ1n) is 10.4. The van der Waals surface area contributed by atoms with E-state index in [9.17, 15) is 9.59 Å². The van der Waals surface area contributed by atoms with Crippen LogP contribution < -0.4 is 15.5 Å². The van der Waals surface area contributed by atoms with E-state index in [1.807, 2.05) is 74.5 Å². The smallest absolute Gasteiger partial charge is 0.329 e. The minimum atomic E-state index is -0.797. The maximum atomic E-state index is 11.9. The normalized spacial score (nSPS) is 10.9. The third-order valence-corrected chi connectivity index (χ3v) is 4.83. The van der Waals surface area contributed by atoms with Gasteiger partial charge in [-0.05, 0) is 35.7 Å². The molecular weight excluding hydrogens is 390 g/mol. The summed E-state index contributed by atoms with van der Waals surface area (Å²) in [5.41, 5.74) is 5.27. The largest absolute Gasteiger partial charge is 0.488 e. The van der Waals surface area contributed by atoms with Crippen LogP contribution in [0.25, 0.3) is 10.8 Å². The molecule has 0 aliphatic carbocycles. The van der Waals surface area contributed by atoms with Crippen LogP contribution in [0.1, 0.15) is 36.5 Å². The maximum Gasteiger partial charge on any atom is 0.329 e. The lowest BCUT2D eigenvalue weighted by Crippen LogP contribution is -2.38. The Hall–Kier alpha value is -3.67. The lowest BCUT2D eigenvalue weighted by atomic mass is 10.0. The Balaban J connectivity index is 1.76. The third-order valence-electron chi connectivity index (χ3n) is 4.83. The zero-order valence-electron chi connectivity index (χ0n) is 17.9. The highest BCUT2D eigenvalue weighted by Crippen LogP contribution is 2.27. The first kappa shape index (κ1) is 22.0. The molecule has 0 aromatic heterocycles. The Bertz CT molecular complexity index is 1080. The van der Waals surface area contributed by atoms with Gasteiger partial charge in [0.05, 0.1) is 6.21 Å². The quantitative estimate of drug-likeness (QED) is 0.251. The minimum absolute atomic E-state index is 0.408. The Morgan fingerprint density at radius 1 is 1.00 bits per heavy atom. The fourth-order valence-electron chi connectivity index (χ4n) is 3.05. The highest BCUT2D eigenvalue weighted by molar-refractivity contribution is 6.35. The van der Waals surface area contributed by atoms with Gasteiger partial charge in [-0.3, -0.25) is 9.59 Å². The Morgan fingerprint density at radius 3 is 2.55 bits per heavy atom. The van der Waals surface area contributed by atoms with Gasteiger partial charge in [-0.15, -0.1) is 0 Å². The number of unbranched alkanes of at least 4 members (excludes halogenated alkanes) is 1. The zero-order chi connectivity index (χ0) is 22.1. The molecule has 0 saturated carbocycles. The van der Waals surface area contributed by atoms with Crippen molar-refractivity contribution in [2.24, 2.45) is 5.10 Å². The van der Waals surface area contributed by atoms with Gasteiger partial charge in [-0.1, -0.05) is 73.5 Å². The monoisotopic (exact) mass is 417 g/mol. The predicted molar refractivity (Wildman–Crippen MR) is 123 cm³/mol. The van der Waals surface area contributed by atoms with Crippen molar-refractivity contribution < 1.29 is 14.3 Å². The van der Waals surface area contributed by atoms with Crippen LogP contribution in [0.5, 0.6) is 5.75 Å². The molecule has 3 aromatic carbocycles. The summed E-state index contributed by atoms with van der Waals surface area (Å²) in [6.07, 6.45) is 3.27. The Labute approximate surface area is 182 Å². The van der Waals surface area contributed by atoms with E-state index in [-0.39, 0.29) is 0 Å². The van der Waals surface area contributed by atoms with Gasteiger partial charge in [-0.2, -0.15) is 5.10 Å². The summed E-state index contributed by atoms with van der Waals surface area (Å²) in [5, 5.41) is 8.53. The summed E-state index contributed by atoms with van der Waals surface area (Å²) in [6, 6.07) is 19.9. The first-order chi connectivity index (χ1) is 15.1. The molecule has 3 rings (SSSR count). The second-order valence-corrected chi connectivity index (χ2v) is 7.28. The molecule has 2 N–H and O–H groups in total. The number of benzene rings is 3. The van der Waals surface area contributed by atoms with Crippen LogP contribution in [0, 0.1) is 6.92 Å². The molecule has 0 aliphatic heterocycles. The topological polar surface area (TPSA) is 79.8 Å². The van der Waals surface area contributed by atoms with Crippen molar-refractivity contribution in [1.82, 2.24) is 10.7 Å². The van der Waals surface area contributed by atoms with Crippen LogP contribution in [-0.4, -0.2) is 24.6 Å². The molecule has 0 radical (unpaired) electrons. The summed E-state index contributed by atoms with van der Waals surface area (Å²) in [7, 11) is 0. The molecule has 0 atom stereocenters. The molecule has 2 amide bonds. The van der Waals surface area contributed by atoms with Crippen molar-refractivity contribution in [3.63, 3.8) is 0 Å². The molecule has 0 bridgehead atoms. The van der Waals surface area contributed by atoms with Gasteiger partial charge in [0, 0.05) is 12.1 Å². The van der Waals surface area contributed by atoms with Crippen LogP contribution in [0.3, 0.4) is 0 Å². The van der Waals surface area contributed by atoms with E-state index in [1.54, 1.807) is 0 Å². The number of hydrogen-bond donors (Lipinski definition) is 2. The van der Waals surface area contributed by atoms with E-state index in [0.29, 0.717) is 18.9 Å². The van der Waals surface area contributed by atoms with Gasteiger partial charge >= 0.3 is 11.8 Å². The molecule has 0 heterocycles. The summed E-state index contributed by atoms with van der Waals surface area (Å²) >= 11 is 0. The fraction of sp³-hybridized carbons (Fsp3) is 0.240. The van der Waals surface area contributed by atoms with Crippen molar-refractivity contribution in [3.05, 3.63) is 77.4 Å². The van der Waals surface area contributed by atoms with Crippen molar-refractivity contribution in [2.75, 3.05) is 6.54 Å². The number of ether oxygens (including phenoxy) is 1. The minimum Gasteiger partial charge on any atom is -0.488 e. The van der Waals surface area contributed by atoms with Gasteiger partial charge in [0.1, 0.15) is 12.4 Å². The van der Waals surface area contributed by atoms with Gasteiger partial charge < -0.3 is 10.1 Å². The molecule has 6 nitrogen and oxygen atoms in total. The number of carbonyl (C=O) groups excluding carboxylic acids is 2. The molecule has 160 valence electrons. The van der Waals surface area contributed by atoms with Gasteiger partial charge in [0.2, 0.25) is 0 Å². The Kier molecular flexibility index (Phi) is 7.76. The predicted octanol–water partition coefficient (Wildman–Crippen LogP) is 4.09. The summed E-state index contributed by atoms with van der Waals surface area (Å²) in [6.45, 7) is 4.93. The lowest BCUT2D eigenvalue weighted by Gasteiger charge is -2.12. The molecule has 6 heteroatoms. The molecule has 31 heavy (non-hydrogen) atoms. The van der Waals surface area contributed by atoms with Crippen molar-refractivity contribution in [1.29, 1.82) is 0 Å². The molecule has 0 unspecified atom stereocenters. The van der Waals surface area contributed by atoms with E-state index >= 15 is 0 Å². The average Bonchev–Trinajstić information content (AvgIpc) is 2.79. The second-order valence-electron chi connectivity index (χ2n) is 7.28. The van der Waals surface area contributed by atoms with Crippen LogP contribution in [-0.2, 0) is 16.2 Å². The van der Waals surface area contributed by atoms with E-state index in [1.165, 1.54) is 11.8 Å². The highest BCUT2D eigenvalue weighted by Gasteiger charge is 2.12. The summed E-state index contributed by atoms with van der Waals surface area (Å²) in [4.78, 5) is 23.7. The number of aryl methyl sites for hydroxylation is 1. The van der Waals surface area contributed by atoms with Crippen LogP contribution in [0.15, 0.2) is 65.8 Å². The SMILES string of the molecule is CCCCNC(=O)C(=O)N/N=C\c1c(OCc2ccc(C)cc2)ccc2ccccc12. The number of fused-ring (bicyclic) bond motifs is 1.